The van der Waals surface area contributed by atoms with Gasteiger partial charge in [0.1, 0.15) is 11.7 Å². The van der Waals surface area contributed by atoms with Gasteiger partial charge in [-0.15, -0.1) is 0 Å². The number of benzene rings is 1. The molecule has 2 aromatic rings. The zero-order valence-corrected chi connectivity index (χ0v) is 17.5. The Hall–Kier alpha value is -1.82. The molecule has 2 saturated carbocycles. The topological polar surface area (TPSA) is 65.7 Å². The third kappa shape index (κ3) is 2.64. The Labute approximate surface area is 166 Å². The first-order chi connectivity index (χ1) is 12.7. The van der Waals surface area contributed by atoms with Crippen LogP contribution in [0.3, 0.4) is 0 Å². The molecule has 1 aromatic carbocycles. The number of ether oxygens (including phenoxy) is 2. The number of hydrogen-bond donors (Lipinski definition) is 0. The highest BCUT2D eigenvalue weighted by Gasteiger charge is 2.62. The van der Waals surface area contributed by atoms with E-state index in [1.165, 1.54) is 19.6 Å². The number of carbonyl (C=O) groups excluding carboxylic acids is 1. The standard InChI is InChI=1S/C21H23BrO5/c1-20(2)12-5-6-21(20,3)16(9-12)26-18(23)14-8-11-7-13(22)10-15(25-4)17(11)27-19(14)24/h7-8,10,12,16H,5-6,9H2,1-4H3/t12-,16-,21-/m1/s1. The Balaban J connectivity index is 1.68. The third-order valence-electron chi connectivity index (χ3n) is 7.17. The van der Waals surface area contributed by atoms with Crippen LogP contribution in [0.4, 0.5) is 0 Å². The number of fused-ring (bicyclic) bond motifs is 3. The molecular weight excluding hydrogens is 412 g/mol. The van der Waals surface area contributed by atoms with E-state index < -0.39 is 11.6 Å². The number of halogens is 1. The number of carbonyl (C=O) groups is 1. The predicted octanol–water partition coefficient (Wildman–Crippen LogP) is 4.94. The molecule has 1 aromatic heterocycles. The van der Waals surface area contributed by atoms with Gasteiger partial charge < -0.3 is 13.9 Å². The summed E-state index contributed by atoms with van der Waals surface area (Å²) in [7, 11) is 1.50. The van der Waals surface area contributed by atoms with Gasteiger partial charge in [0.2, 0.25) is 0 Å². The maximum absolute atomic E-state index is 12.8. The van der Waals surface area contributed by atoms with Crippen molar-refractivity contribution in [2.75, 3.05) is 7.11 Å². The molecule has 0 N–H and O–H groups in total. The van der Waals surface area contributed by atoms with Crippen molar-refractivity contribution in [3.63, 3.8) is 0 Å². The van der Waals surface area contributed by atoms with Crippen molar-refractivity contribution < 1.29 is 18.7 Å². The fourth-order valence-electron chi connectivity index (χ4n) is 4.96. The van der Waals surface area contributed by atoms with Crippen LogP contribution >= 0.6 is 15.9 Å². The molecule has 2 bridgehead atoms. The van der Waals surface area contributed by atoms with Gasteiger partial charge >= 0.3 is 11.6 Å². The molecule has 0 unspecified atom stereocenters. The van der Waals surface area contributed by atoms with E-state index in [1.54, 1.807) is 12.1 Å². The third-order valence-corrected chi connectivity index (χ3v) is 7.62. The van der Waals surface area contributed by atoms with E-state index in [9.17, 15) is 9.59 Å². The lowest BCUT2D eigenvalue weighted by Gasteiger charge is -2.38. The molecule has 144 valence electrons. The molecule has 2 fully saturated rings. The monoisotopic (exact) mass is 434 g/mol. The molecule has 0 spiro atoms. The van der Waals surface area contributed by atoms with Crippen molar-refractivity contribution >= 4 is 32.9 Å². The van der Waals surface area contributed by atoms with Crippen LogP contribution < -0.4 is 10.4 Å². The average Bonchev–Trinajstić information content (AvgIpc) is 2.94. The molecule has 2 aliphatic carbocycles. The maximum atomic E-state index is 12.8. The Morgan fingerprint density at radius 3 is 2.59 bits per heavy atom. The first-order valence-electron chi connectivity index (χ1n) is 9.20. The number of esters is 1. The van der Waals surface area contributed by atoms with E-state index in [2.05, 4.69) is 36.7 Å². The average molecular weight is 435 g/mol. The summed E-state index contributed by atoms with van der Waals surface area (Å²) in [4.78, 5) is 25.2. The molecule has 0 saturated heterocycles. The minimum atomic E-state index is -0.708. The summed E-state index contributed by atoms with van der Waals surface area (Å²) in [6.45, 7) is 6.71. The van der Waals surface area contributed by atoms with Gasteiger partial charge in [0.25, 0.3) is 0 Å². The molecule has 27 heavy (non-hydrogen) atoms. The molecule has 0 aliphatic heterocycles. The van der Waals surface area contributed by atoms with Crippen LogP contribution in [0.5, 0.6) is 5.75 Å². The van der Waals surface area contributed by atoms with Crippen LogP contribution in [-0.2, 0) is 4.74 Å². The van der Waals surface area contributed by atoms with Gasteiger partial charge in [-0.3, -0.25) is 0 Å². The second-order valence-electron chi connectivity index (χ2n) is 8.48. The highest BCUT2D eigenvalue weighted by molar-refractivity contribution is 9.10. The number of methoxy groups -OCH3 is 1. The van der Waals surface area contributed by atoms with Gasteiger partial charge in [-0.05, 0) is 48.8 Å². The Morgan fingerprint density at radius 1 is 1.26 bits per heavy atom. The zero-order chi connectivity index (χ0) is 19.6. The van der Waals surface area contributed by atoms with Crippen LogP contribution in [0, 0.1) is 16.7 Å². The zero-order valence-electron chi connectivity index (χ0n) is 15.9. The van der Waals surface area contributed by atoms with Crippen molar-refractivity contribution in [3.8, 4) is 5.75 Å². The first kappa shape index (κ1) is 18.5. The van der Waals surface area contributed by atoms with E-state index >= 15 is 0 Å². The van der Waals surface area contributed by atoms with Gasteiger partial charge in [-0.1, -0.05) is 36.7 Å². The second kappa shape index (κ2) is 6.09. The fourth-order valence-corrected chi connectivity index (χ4v) is 5.42. The summed E-state index contributed by atoms with van der Waals surface area (Å²) >= 11 is 3.40. The summed E-state index contributed by atoms with van der Waals surface area (Å²) in [5.41, 5.74) is -0.399. The summed E-state index contributed by atoms with van der Waals surface area (Å²) in [6, 6.07) is 5.01. The molecular formula is C21H23BrO5. The molecule has 0 radical (unpaired) electrons. The first-order valence-corrected chi connectivity index (χ1v) is 9.99. The van der Waals surface area contributed by atoms with Crippen molar-refractivity contribution in [1.29, 1.82) is 0 Å². The minimum Gasteiger partial charge on any atom is -0.493 e. The lowest BCUT2D eigenvalue weighted by atomic mass is 9.70. The number of hydrogen-bond acceptors (Lipinski definition) is 5. The lowest BCUT2D eigenvalue weighted by Crippen LogP contribution is -2.38. The van der Waals surface area contributed by atoms with Gasteiger partial charge in [0.05, 0.1) is 7.11 Å². The molecule has 0 amide bonds. The second-order valence-corrected chi connectivity index (χ2v) is 9.39. The summed E-state index contributed by atoms with van der Waals surface area (Å²) in [5, 5.41) is 0.604. The molecule has 3 atom stereocenters. The Morgan fingerprint density at radius 2 is 2.00 bits per heavy atom. The summed E-state index contributed by atoms with van der Waals surface area (Å²) in [6.07, 6.45) is 2.89. The predicted molar refractivity (Wildman–Crippen MR) is 105 cm³/mol. The molecule has 2 aliphatic rings. The van der Waals surface area contributed by atoms with Gasteiger partial charge in [0.15, 0.2) is 11.3 Å². The van der Waals surface area contributed by atoms with Crippen molar-refractivity contribution in [3.05, 3.63) is 38.7 Å². The van der Waals surface area contributed by atoms with Gasteiger partial charge in [-0.25, -0.2) is 9.59 Å². The van der Waals surface area contributed by atoms with E-state index in [-0.39, 0.29) is 22.5 Å². The van der Waals surface area contributed by atoms with Crippen LogP contribution in [-0.4, -0.2) is 19.2 Å². The minimum absolute atomic E-state index is 0.0589. The van der Waals surface area contributed by atoms with Crippen molar-refractivity contribution in [1.82, 2.24) is 0 Å². The maximum Gasteiger partial charge on any atom is 0.351 e. The molecule has 6 heteroatoms. The van der Waals surface area contributed by atoms with Crippen LogP contribution in [0.1, 0.15) is 50.4 Å². The van der Waals surface area contributed by atoms with E-state index in [0.717, 1.165) is 17.3 Å². The van der Waals surface area contributed by atoms with E-state index in [1.807, 2.05) is 0 Å². The lowest BCUT2D eigenvalue weighted by molar-refractivity contribution is -0.0245. The Bertz CT molecular complexity index is 992. The molecule has 4 rings (SSSR count). The normalized spacial score (nSPS) is 28.5. The SMILES string of the molecule is COc1cc(Br)cc2cc(C(=O)O[C@@H]3C[C@H]4CC[C@@]3(C)C4(C)C)c(=O)oc12. The molecule has 5 nitrogen and oxygen atoms in total. The highest BCUT2D eigenvalue weighted by atomic mass is 79.9. The van der Waals surface area contributed by atoms with E-state index in [4.69, 9.17) is 13.9 Å². The van der Waals surface area contributed by atoms with Gasteiger partial charge in [0, 0.05) is 15.3 Å². The molecule has 1 heterocycles. The van der Waals surface area contributed by atoms with Crippen molar-refractivity contribution in [2.45, 2.75) is 46.1 Å². The Kier molecular flexibility index (Phi) is 4.18. The fraction of sp³-hybridized carbons (Fsp3) is 0.524. The summed E-state index contributed by atoms with van der Waals surface area (Å²) < 4.78 is 17.3. The van der Waals surface area contributed by atoms with E-state index in [0.29, 0.717) is 22.6 Å². The smallest absolute Gasteiger partial charge is 0.351 e. The largest absolute Gasteiger partial charge is 0.493 e. The summed E-state index contributed by atoms with van der Waals surface area (Å²) in [5.74, 6) is 0.367. The van der Waals surface area contributed by atoms with Crippen LogP contribution in [0.15, 0.2) is 31.9 Å². The van der Waals surface area contributed by atoms with Crippen molar-refractivity contribution in [2.24, 2.45) is 16.7 Å². The quantitative estimate of drug-likeness (QED) is 0.505. The van der Waals surface area contributed by atoms with Crippen LogP contribution in [0.25, 0.3) is 11.0 Å². The number of rotatable bonds is 3. The van der Waals surface area contributed by atoms with Gasteiger partial charge in [-0.2, -0.15) is 0 Å². The highest BCUT2D eigenvalue weighted by Crippen LogP contribution is 2.66. The van der Waals surface area contributed by atoms with Crippen LogP contribution in [0.2, 0.25) is 0 Å².